The molecule has 0 saturated heterocycles. The van der Waals surface area contributed by atoms with E-state index in [4.69, 9.17) is 14.2 Å². The van der Waals surface area contributed by atoms with Gasteiger partial charge in [-0.15, -0.1) is 0 Å². The van der Waals surface area contributed by atoms with E-state index < -0.39 is 24.5 Å². The summed E-state index contributed by atoms with van der Waals surface area (Å²) >= 11 is 0. The first-order chi connectivity index (χ1) is 14.0. The number of nitrogens with one attached hydrogen (secondary N) is 2. The minimum atomic E-state index is -0.943. The van der Waals surface area contributed by atoms with Crippen LogP contribution in [0.5, 0.6) is 17.2 Å². The third kappa shape index (κ3) is 4.78. The van der Waals surface area contributed by atoms with Gasteiger partial charge in [-0.1, -0.05) is 30.3 Å². The molecular formula is C21H23N2O6. The lowest BCUT2D eigenvalue weighted by molar-refractivity contribution is -0.131. The zero-order chi connectivity index (χ0) is 20.8. The summed E-state index contributed by atoms with van der Waals surface area (Å²) in [5, 5.41) is 16.1. The van der Waals surface area contributed by atoms with Crippen molar-refractivity contribution in [3.8, 4) is 17.2 Å². The fourth-order valence-corrected chi connectivity index (χ4v) is 3.22. The summed E-state index contributed by atoms with van der Waals surface area (Å²) in [6.07, 6.45) is 0.330. The molecule has 2 aromatic carbocycles. The van der Waals surface area contributed by atoms with E-state index in [1.54, 1.807) is 50.6 Å². The number of benzene rings is 2. The fraction of sp³-hybridized carbons (Fsp3) is 0.333. The Morgan fingerprint density at radius 2 is 1.83 bits per heavy atom. The largest absolute Gasteiger partial charge is 0.493 e. The summed E-state index contributed by atoms with van der Waals surface area (Å²) in [6, 6.07) is 11.4. The second-order valence-electron chi connectivity index (χ2n) is 6.56. The standard InChI is InChI=1S/C21H23N2O6/c1-27-17-9-14-8-15(29-16(14)10-18(17)28-2)11-22-21(26)20(23-19(25)12-24)13-6-4-3-5-7-13/h3-7,9-10,15,20H,8,11-12H2,1-2H3,(H,22,26)(H,23,25)/t15?,20-/m1/s1. The highest BCUT2D eigenvalue weighted by atomic mass is 16.5. The van der Waals surface area contributed by atoms with Crippen LogP contribution < -0.4 is 24.8 Å². The Morgan fingerprint density at radius 1 is 1.14 bits per heavy atom. The van der Waals surface area contributed by atoms with Crippen LogP contribution in [-0.4, -0.2) is 45.3 Å². The summed E-state index contributed by atoms with van der Waals surface area (Å²) < 4.78 is 16.5. The second kappa shape index (κ2) is 9.29. The molecule has 1 unspecified atom stereocenters. The lowest BCUT2D eigenvalue weighted by Crippen LogP contribution is -2.44. The van der Waals surface area contributed by atoms with E-state index in [0.717, 1.165) is 5.56 Å². The number of carbonyl (C=O) groups is 2. The molecule has 2 amide bonds. The number of carbonyl (C=O) groups excluding carboxylic acids is 2. The zero-order valence-electron chi connectivity index (χ0n) is 16.3. The third-order valence-electron chi connectivity index (χ3n) is 4.64. The minimum absolute atomic E-state index is 0.245. The van der Waals surface area contributed by atoms with Gasteiger partial charge in [0.05, 0.1) is 20.8 Å². The van der Waals surface area contributed by atoms with Crippen LogP contribution in [0.1, 0.15) is 17.2 Å². The molecule has 1 aliphatic heterocycles. The molecule has 0 aliphatic carbocycles. The fourth-order valence-electron chi connectivity index (χ4n) is 3.22. The Hall–Kier alpha value is -3.26. The lowest BCUT2D eigenvalue weighted by Gasteiger charge is -2.19. The molecule has 0 spiro atoms. The van der Waals surface area contributed by atoms with Gasteiger partial charge in [0.2, 0.25) is 11.8 Å². The van der Waals surface area contributed by atoms with Crippen molar-refractivity contribution in [3.05, 3.63) is 53.6 Å². The smallest absolute Gasteiger partial charge is 0.250 e. The van der Waals surface area contributed by atoms with E-state index in [0.29, 0.717) is 29.2 Å². The minimum Gasteiger partial charge on any atom is -0.493 e. The highest BCUT2D eigenvalue weighted by Crippen LogP contribution is 2.38. The van der Waals surface area contributed by atoms with Crippen molar-refractivity contribution in [1.82, 2.24) is 10.6 Å². The van der Waals surface area contributed by atoms with Gasteiger partial charge in [0.1, 0.15) is 17.9 Å². The molecule has 2 aromatic rings. The van der Waals surface area contributed by atoms with Crippen LogP contribution in [-0.2, 0) is 21.1 Å². The van der Waals surface area contributed by atoms with E-state index in [9.17, 15) is 14.7 Å². The summed E-state index contributed by atoms with van der Waals surface area (Å²) in [6.45, 7) is -0.698. The van der Waals surface area contributed by atoms with Crippen LogP contribution in [0, 0.1) is 0 Å². The molecule has 2 atom stereocenters. The Bertz CT molecular complexity index is 838. The number of ether oxygens (including phenoxy) is 3. The Balaban J connectivity index is 1.65. The summed E-state index contributed by atoms with van der Waals surface area (Å²) in [7, 11) is 3.12. The quantitative estimate of drug-likeness (QED) is 0.698. The first kappa shape index (κ1) is 20.5. The first-order valence-corrected chi connectivity index (χ1v) is 9.17. The number of methoxy groups -OCH3 is 2. The zero-order valence-corrected chi connectivity index (χ0v) is 16.3. The maximum atomic E-state index is 12.7. The van der Waals surface area contributed by atoms with Gasteiger partial charge in [-0.05, 0) is 11.6 Å². The molecule has 1 radical (unpaired) electrons. The number of hydrogen-bond acceptors (Lipinski definition) is 5. The van der Waals surface area contributed by atoms with E-state index in [2.05, 4.69) is 10.6 Å². The van der Waals surface area contributed by atoms with Crippen molar-refractivity contribution in [2.75, 3.05) is 27.4 Å². The van der Waals surface area contributed by atoms with Crippen LogP contribution in [0.4, 0.5) is 0 Å². The molecule has 3 rings (SSSR count). The van der Waals surface area contributed by atoms with Gasteiger partial charge in [-0.25, -0.2) is 5.11 Å². The monoisotopic (exact) mass is 399 g/mol. The SMILES string of the molecule is COc1cc2c(cc1OC)OC(CNC(=O)[C@H](NC(=O)C[O])c1ccccc1)C2. The molecule has 0 aromatic heterocycles. The molecule has 8 nitrogen and oxygen atoms in total. The highest BCUT2D eigenvalue weighted by molar-refractivity contribution is 5.89. The van der Waals surface area contributed by atoms with Gasteiger partial charge in [0.25, 0.3) is 0 Å². The number of amides is 2. The van der Waals surface area contributed by atoms with Gasteiger partial charge in [0, 0.05) is 18.1 Å². The van der Waals surface area contributed by atoms with Crippen LogP contribution in [0.2, 0.25) is 0 Å². The molecule has 2 N–H and O–H groups in total. The van der Waals surface area contributed by atoms with Crippen molar-refractivity contribution < 1.29 is 28.9 Å². The maximum Gasteiger partial charge on any atom is 0.250 e. The Labute approximate surface area is 168 Å². The molecule has 0 saturated carbocycles. The van der Waals surface area contributed by atoms with Crippen LogP contribution >= 0.6 is 0 Å². The van der Waals surface area contributed by atoms with Crippen LogP contribution in [0.15, 0.2) is 42.5 Å². The Morgan fingerprint density at radius 3 is 2.48 bits per heavy atom. The number of hydrogen-bond donors (Lipinski definition) is 2. The summed E-state index contributed by atoms with van der Waals surface area (Å²) in [5.41, 5.74) is 1.55. The molecular weight excluding hydrogens is 376 g/mol. The molecule has 153 valence electrons. The Kier molecular flexibility index (Phi) is 6.56. The molecule has 0 fully saturated rings. The van der Waals surface area contributed by atoms with Gasteiger partial charge in [0.15, 0.2) is 18.1 Å². The van der Waals surface area contributed by atoms with E-state index in [1.807, 2.05) is 6.07 Å². The first-order valence-electron chi connectivity index (χ1n) is 9.17. The van der Waals surface area contributed by atoms with Crippen molar-refractivity contribution in [3.63, 3.8) is 0 Å². The highest BCUT2D eigenvalue weighted by Gasteiger charge is 2.28. The van der Waals surface area contributed by atoms with Crippen molar-refractivity contribution in [1.29, 1.82) is 0 Å². The summed E-state index contributed by atoms with van der Waals surface area (Å²) in [4.78, 5) is 24.3. The van der Waals surface area contributed by atoms with Crippen LogP contribution in [0.25, 0.3) is 0 Å². The van der Waals surface area contributed by atoms with Gasteiger partial charge >= 0.3 is 0 Å². The van der Waals surface area contributed by atoms with Gasteiger partial charge in [-0.2, -0.15) is 0 Å². The molecule has 0 bridgehead atoms. The predicted octanol–water partition coefficient (Wildman–Crippen LogP) is 1.41. The average Bonchev–Trinajstić information content (AvgIpc) is 3.16. The molecule has 29 heavy (non-hydrogen) atoms. The molecule has 1 aliphatic rings. The second-order valence-corrected chi connectivity index (χ2v) is 6.56. The van der Waals surface area contributed by atoms with Gasteiger partial charge < -0.3 is 24.8 Å². The third-order valence-corrected chi connectivity index (χ3v) is 4.64. The predicted molar refractivity (Wildman–Crippen MR) is 104 cm³/mol. The van der Waals surface area contributed by atoms with Gasteiger partial charge in [-0.3, -0.25) is 9.59 Å². The molecule has 1 heterocycles. The summed E-state index contributed by atoms with van der Waals surface area (Å²) in [5.74, 6) is 0.719. The van der Waals surface area contributed by atoms with Crippen LogP contribution in [0.3, 0.4) is 0 Å². The topological polar surface area (TPSA) is 106 Å². The lowest BCUT2D eigenvalue weighted by atomic mass is 10.1. The number of fused-ring (bicyclic) bond motifs is 1. The van der Waals surface area contributed by atoms with E-state index in [1.165, 1.54) is 0 Å². The maximum absolute atomic E-state index is 12.7. The van der Waals surface area contributed by atoms with E-state index >= 15 is 0 Å². The van der Waals surface area contributed by atoms with Crippen molar-refractivity contribution in [2.24, 2.45) is 0 Å². The van der Waals surface area contributed by atoms with Crippen molar-refractivity contribution in [2.45, 2.75) is 18.6 Å². The normalized spacial score (nSPS) is 15.6. The van der Waals surface area contributed by atoms with Crippen molar-refractivity contribution >= 4 is 11.8 Å². The van der Waals surface area contributed by atoms with E-state index in [-0.39, 0.29) is 12.6 Å². The molecule has 8 heteroatoms. The average molecular weight is 399 g/mol. The number of rotatable bonds is 8.